The molecule has 2 fully saturated rings. The van der Waals surface area contributed by atoms with Crippen LogP contribution in [0.4, 0.5) is 0 Å². The summed E-state index contributed by atoms with van der Waals surface area (Å²) in [6, 6.07) is 0.977. The fourth-order valence-electron chi connectivity index (χ4n) is 2.24. The molecule has 0 bridgehead atoms. The first-order chi connectivity index (χ1) is 7.40. The third-order valence-corrected chi connectivity index (χ3v) is 3.55. The van der Waals surface area contributed by atoms with E-state index in [9.17, 15) is 0 Å². The summed E-state index contributed by atoms with van der Waals surface area (Å²) in [4.78, 5) is 2.77. The summed E-state index contributed by atoms with van der Waals surface area (Å²) in [7, 11) is 0. The van der Waals surface area contributed by atoms with Gasteiger partial charge < -0.3 is 10.2 Å². The van der Waals surface area contributed by atoms with Gasteiger partial charge in [0.2, 0.25) is 0 Å². The molecular formula is C13H26N2. The standard InChI is InChI=1S/C13H26N2/c1-2-14-9-3-4-10-15(13-7-8-13)11-12-5-6-12/h12-14H,2-11H2,1H3. The average molecular weight is 210 g/mol. The molecule has 0 unspecified atom stereocenters. The zero-order chi connectivity index (χ0) is 10.5. The van der Waals surface area contributed by atoms with Crippen LogP contribution in [-0.4, -0.2) is 37.1 Å². The molecule has 0 aliphatic heterocycles. The summed E-state index contributed by atoms with van der Waals surface area (Å²) in [5.74, 6) is 1.07. The Morgan fingerprint density at radius 3 is 2.53 bits per heavy atom. The molecule has 2 rings (SSSR count). The molecule has 2 heteroatoms. The molecule has 0 aromatic carbocycles. The predicted octanol–water partition coefficient (Wildman–Crippen LogP) is 2.25. The van der Waals surface area contributed by atoms with Crippen LogP contribution in [0.15, 0.2) is 0 Å². The van der Waals surface area contributed by atoms with Gasteiger partial charge in [-0.1, -0.05) is 6.92 Å². The van der Waals surface area contributed by atoms with Gasteiger partial charge in [-0.15, -0.1) is 0 Å². The van der Waals surface area contributed by atoms with Gasteiger partial charge >= 0.3 is 0 Å². The maximum atomic E-state index is 3.40. The second kappa shape index (κ2) is 5.86. The molecular weight excluding hydrogens is 184 g/mol. The van der Waals surface area contributed by atoms with Crippen LogP contribution in [0.1, 0.15) is 45.4 Å². The van der Waals surface area contributed by atoms with E-state index in [1.807, 2.05) is 0 Å². The van der Waals surface area contributed by atoms with E-state index in [2.05, 4.69) is 17.1 Å². The first kappa shape index (κ1) is 11.4. The molecule has 0 aromatic rings. The van der Waals surface area contributed by atoms with Gasteiger partial charge in [-0.05, 0) is 64.1 Å². The highest BCUT2D eigenvalue weighted by Gasteiger charge is 2.32. The number of rotatable bonds is 9. The molecule has 2 aliphatic rings. The Balaban J connectivity index is 1.53. The van der Waals surface area contributed by atoms with Gasteiger partial charge in [0, 0.05) is 12.6 Å². The summed E-state index contributed by atoms with van der Waals surface area (Å²) >= 11 is 0. The van der Waals surface area contributed by atoms with Gasteiger partial charge in [-0.2, -0.15) is 0 Å². The van der Waals surface area contributed by atoms with Gasteiger partial charge in [-0.25, -0.2) is 0 Å². The summed E-state index contributed by atoms with van der Waals surface area (Å²) in [6.07, 6.45) is 8.68. The Labute approximate surface area is 94.4 Å². The van der Waals surface area contributed by atoms with Crippen molar-refractivity contribution in [1.29, 1.82) is 0 Å². The van der Waals surface area contributed by atoms with Crippen LogP contribution in [0.3, 0.4) is 0 Å². The third-order valence-electron chi connectivity index (χ3n) is 3.55. The molecule has 0 aromatic heterocycles. The van der Waals surface area contributed by atoms with Crippen LogP contribution in [-0.2, 0) is 0 Å². The Morgan fingerprint density at radius 1 is 1.13 bits per heavy atom. The number of unbranched alkanes of at least 4 members (excludes halogenated alkanes) is 1. The van der Waals surface area contributed by atoms with Crippen LogP contribution >= 0.6 is 0 Å². The molecule has 15 heavy (non-hydrogen) atoms. The van der Waals surface area contributed by atoms with Crippen molar-refractivity contribution < 1.29 is 0 Å². The van der Waals surface area contributed by atoms with Crippen molar-refractivity contribution in [3.8, 4) is 0 Å². The monoisotopic (exact) mass is 210 g/mol. The predicted molar refractivity (Wildman–Crippen MR) is 65.1 cm³/mol. The quantitative estimate of drug-likeness (QED) is 0.587. The maximum absolute atomic E-state index is 3.40. The molecule has 2 saturated carbocycles. The molecule has 0 saturated heterocycles. The van der Waals surface area contributed by atoms with E-state index in [1.54, 1.807) is 0 Å². The average Bonchev–Trinajstić information content (AvgIpc) is 3.08. The normalized spacial score (nSPS) is 21.2. The van der Waals surface area contributed by atoms with E-state index in [4.69, 9.17) is 0 Å². The van der Waals surface area contributed by atoms with Crippen molar-refractivity contribution in [3.63, 3.8) is 0 Å². The molecule has 2 nitrogen and oxygen atoms in total. The molecule has 2 aliphatic carbocycles. The zero-order valence-electron chi connectivity index (χ0n) is 10.2. The lowest BCUT2D eigenvalue weighted by molar-refractivity contribution is 0.247. The number of nitrogens with one attached hydrogen (secondary N) is 1. The maximum Gasteiger partial charge on any atom is 0.00965 e. The van der Waals surface area contributed by atoms with Crippen LogP contribution in [0.5, 0.6) is 0 Å². The van der Waals surface area contributed by atoms with Crippen molar-refractivity contribution >= 4 is 0 Å². The number of hydrogen-bond acceptors (Lipinski definition) is 2. The van der Waals surface area contributed by atoms with Crippen molar-refractivity contribution in [2.75, 3.05) is 26.2 Å². The fourth-order valence-corrected chi connectivity index (χ4v) is 2.24. The van der Waals surface area contributed by atoms with E-state index >= 15 is 0 Å². The fraction of sp³-hybridized carbons (Fsp3) is 1.00. The van der Waals surface area contributed by atoms with Crippen molar-refractivity contribution in [1.82, 2.24) is 10.2 Å². The molecule has 0 amide bonds. The van der Waals surface area contributed by atoms with Crippen LogP contribution < -0.4 is 5.32 Å². The van der Waals surface area contributed by atoms with Gasteiger partial charge in [0.25, 0.3) is 0 Å². The third kappa shape index (κ3) is 4.52. The number of nitrogens with zero attached hydrogens (tertiary/aromatic N) is 1. The molecule has 0 heterocycles. The van der Waals surface area contributed by atoms with Crippen molar-refractivity contribution in [3.05, 3.63) is 0 Å². The second-order valence-electron chi connectivity index (χ2n) is 5.23. The minimum absolute atomic E-state index is 0.977. The Hall–Kier alpha value is -0.0800. The van der Waals surface area contributed by atoms with Crippen molar-refractivity contribution in [2.24, 2.45) is 5.92 Å². The van der Waals surface area contributed by atoms with Crippen LogP contribution in [0, 0.1) is 5.92 Å². The second-order valence-corrected chi connectivity index (χ2v) is 5.23. The Bertz CT molecular complexity index is 173. The molecule has 0 spiro atoms. The van der Waals surface area contributed by atoms with Gasteiger partial charge in [0.05, 0.1) is 0 Å². The van der Waals surface area contributed by atoms with Crippen molar-refractivity contribution in [2.45, 2.75) is 51.5 Å². The SMILES string of the molecule is CCNCCCCN(CC1CC1)C1CC1. The highest BCUT2D eigenvalue weighted by molar-refractivity contribution is 4.88. The minimum Gasteiger partial charge on any atom is -0.317 e. The highest BCUT2D eigenvalue weighted by Crippen LogP contribution is 2.34. The lowest BCUT2D eigenvalue weighted by Crippen LogP contribution is -2.30. The van der Waals surface area contributed by atoms with Gasteiger partial charge in [0.15, 0.2) is 0 Å². The van der Waals surface area contributed by atoms with Gasteiger partial charge in [-0.3, -0.25) is 0 Å². The molecule has 88 valence electrons. The summed E-state index contributed by atoms with van der Waals surface area (Å²) in [5, 5.41) is 3.40. The Kier molecular flexibility index (Phi) is 4.45. The molecule has 0 radical (unpaired) electrons. The smallest absolute Gasteiger partial charge is 0.00965 e. The first-order valence-electron chi connectivity index (χ1n) is 6.85. The topological polar surface area (TPSA) is 15.3 Å². The van der Waals surface area contributed by atoms with E-state index < -0.39 is 0 Å². The number of hydrogen-bond donors (Lipinski definition) is 1. The lowest BCUT2D eigenvalue weighted by Gasteiger charge is -2.21. The van der Waals surface area contributed by atoms with Gasteiger partial charge in [0.1, 0.15) is 0 Å². The first-order valence-corrected chi connectivity index (χ1v) is 6.85. The minimum atomic E-state index is 0.977. The molecule has 0 atom stereocenters. The highest BCUT2D eigenvalue weighted by atomic mass is 15.2. The van der Waals surface area contributed by atoms with Crippen LogP contribution in [0.2, 0.25) is 0 Å². The van der Waals surface area contributed by atoms with E-state index in [0.717, 1.165) is 18.5 Å². The molecule has 1 N–H and O–H groups in total. The largest absolute Gasteiger partial charge is 0.317 e. The summed E-state index contributed by atoms with van der Waals surface area (Å²) in [6.45, 7) is 7.27. The van der Waals surface area contributed by atoms with E-state index in [0.29, 0.717) is 0 Å². The zero-order valence-corrected chi connectivity index (χ0v) is 10.2. The van der Waals surface area contributed by atoms with E-state index in [-0.39, 0.29) is 0 Å². The summed E-state index contributed by atoms with van der Waals surface area (Å²) < 4.78 is 0. The van der Waals surface area contributed by atoms with E-state index in [1.165, 1.54) is 58.2 Å². The lowest BCUT2D eigenvalue weighted by atomic mass is 10.2. The Morgan fingerprint density at radius 2 is 1.93 bits per heavy atom. The van der Waals surface area contributed by atoms with Crippen LogP contribution in [0.25, 0.3) is 0 Å². The summed E-state index contributed by atoms with van der Waals surface area (Å²) in [5.41, 5.74) is 0.